The molecular weight excluding hydrogens is 654 g/mol. The molecular formula is C28H31Cl2IN4O4. The third kappa shape index (κ3) is 7.43. The highest BCUT2D eigenvalue weighted by molar-refractivity contribution is 14.1. The van der Waals surface area contributed by atoms with E-state index in [-0.39, 0.29) is 18.0 Å². The molecule has 2 unspecified atom stereocenters. The predicted octanol–water partition coefficient (Wildman–Crippen LogP) is 5.72. The Morgan fingerprint density at radius 2 is 1.54 bits per heavy atom. The minimum Gasteiger partial charge on any atom is -0.453 e. The van der Waals surface area contributed by atoms with Crippen LogP contribution in [0.1, 0.15) is 43.7 Å². The predicted molar refractivity (Wildman–Crippen MR) is 158 cm³/mol. The third-order valence-electron chi connectivity index (χ3n) is 6.98. The number of hydrogen-bond acceptors (Lipinski definition) is 8. The Kier molecular flexibility index (Phi) is 10.1. The van der Waals surface area contributed by atoms with Crippen molar-refractivity contribution in [3.8, 4) is 0 Å². The van der Waals surface area contributed by atoms with Crippen LogP contribution in [0.15, 0.2) is 60.2 Å². The number of fused-ring (bicyclic) bond motifs is 2. The van der Waals surface area contributed by atoms with Crippen LogP contribution in [0.2, 0.25) is 10.3 Å². The maximum absolute atomic E-state index is 11.5. The van der Waals surface area contributed by atoms with E-state index in [1.54, 1.807) is 36.7 Å². The van der Waals surface area contributed by atoms with Gasteiger partial charge in [0.25, 0.3) is 0 Å². The number of likely N-dealkylation sites (tertiary alicyclic amines) is 2. The molecule has 0 aromatic carbocycles. The molecule has 6 rings (SSSR count). The molecule has 4 aliphatic rings. The maximum Gasteiger partial charge on any atom is 0.333 e. The van der Waals surface area contributed by atoms with E-state index in [4.69, 9.17) is 32.7 Å². The molecule has 0 amide bonds. The van der Waals surface area contributed by atoms with Crippen LogP contribution >= 0.6 is 45.8 Å². The van der Waals surface area contributed by atoms with Crippen LogP contribution in [0.25, 0.3) is 0 Å². The number of carbonyl (C=O) groups excluding carboxylic acids is 2. The lowest BCUT2D eigenvalue weighted by molar-refractivity contribution is -0.147. The Labute approximate surface area is 252 Å². The topological polar surface area (TPSA) is 84.9 Å². The number of nitrogens with zero attached hydrogens (tertiary/aromatic N) is 4. The molecule has 2 atom stereocenters. The fourth-order valence-electron chi connectivity index (χ4n) is 5.22. The molecule has 0 bridgehead atoms. The number of esters is 2. The largest absolute Gasteiger partial charge is 0.453 e. The van der Waals surface area contributed by atoms with E-state index in [1.165, 1.54) is 0 Å². The molecule has 0 N–H and O–H groups in total. The van der Waals surface area contributed by atoms with Gasteiger partial charge in [-0.3, -0.25) is 0 Å². The molecule has 4 aliphatic heterocycles. The zero-order valence-corrected chi connectivity index (χ0v) is 25.6. The highest BCUT2D eigenvalue weighted by Gasteiger charge is 2.43. The van der Waals surface area contributed by atoms with Crippen molar-refractivity contribution in [3.05, 3.63) is 81.6 Å². The summed E-state index contributed by atoms with van der Waals surface area (Å²) in [6.07, 6.45) is 10.6. The molecule has 11 heteroatoms. The van der Waals surface area contributed by atoms with Crippen LogP contribution in [0, 0.1) is 0 Å². The Balaban J connectivity index is 0.000000170. The average molecular weight is 685 g/mol. The Bertz CT molecular complexity index is 1240. The van der Waals surface area contributed by atoms with Gasteiger partial charge < -0.3 is 19.3 Å². The van der Waals surface area contributed by atoms with E-state index in [2.05, 4.69) is 42.4 Å². The number of pyridine rings is 2. The third-order valence-corrected chi connectivity index (χ3v) is 7.43. The highest BCUT2D eigenvalue weighted by atomic mass is 127. The zero-order chi connectivity index (χ0) is 28.0. The van der Waals surface area contributed by atoms with Crippen molar-refractivity contribution >= 4 is 57.7 Å². The molecule has 2 aromatic rings. The molecule has 2 saturated heterocycles. The SMILES string of the molecule is CC12CCCN(Cc3ccc(Cl)nc3)C1=CC(=O)O2.CI.O=C1C=C2C(CCCN2Cc2ccc(Cl)nc2)O1. The van der Waals surface area contributed by atoms with E-state index in [1.807, 2.05) is 24.0 Å². The second kappa shape index (κ2) is 13.3. The number of halogens is 3. The zero-order valence-electron chi connectivity index (χ0n) is 21.9. The standard InChI is InChI=1S/C14H15ClN2O2.C13H13ClN2O2.CH3I/c1-14-5-2-6-17(11(14)7-13(18)19-14)9-10-3-4-12(15)16-8-10;14-12-4-3-9(7-15-12)8-16-5-1-2-11-10(16)6-13(17)18-11;1-2/h3-4,7-8H,2,5-6,9H2,1H3;3-4,6-7,11H,1-2,5,8H2;1H3. The first-order valence-electron chi connectivity index (χ1n) is 12.7. The van der Waals surface area contributed by atoms with E-state index < -0.39 is 5.60 Å². The molecule has 0 radical (unpaired) electrons. The molecule has 39 heavy (non-hydrogen) atoms. The number of piperidine rings is 2. The van der Waals surface area contributed by atoms with Crippen molar-refractivity contribution in [2.75, 3.05) is 18.0 Å². The fraction of sp³-hybridized carbons (Fsp3) is 0.429. The Morgan fingerprint density at radius 1 is 0.923 bits per heavy atom. The summed E-state index contributed by atoms with van der Waals surface area (Å²) in [6, 6.07) is 7.48. The summed E-state index contributed by atoms with van der Waals surface area (Å²) in [5, 5.41) is 0.986. The second-order valence-corrected chi connectivity index (χ2v) is 10.5. The van der Waals surface area contributed by atoms with Gasteiger partial charge in [0, 0.05) is 50.7 Å². The first-order chi connectivity index (χ1) is 18.8. The normalized spacial score (nSPS) is 23.2. The lowest BCUT2D eigenvalue weighted by Crippen LogP contribution is -2.42. The van der Waals surface area contributed by atoms with Crippen LogP contribution in [0.4, 0.5) is 0 Å². The lowest BCUT2D eigenvalue weighted by atomic mass is 9.91. The van der Waals surface area contributed by atoms with Crippen molar-refractivity contribution in [1.82, 2.24) is 19.8 Å². The molecule has 6 heterocycles. The van der Waals surface area contributed by atoms with E-state index in [0.29, 0.717) is 10.3 Å². The smallest absolute Gasteiger partial charge is 0.333 e. The minimum absolute atomic E-state index is 0.0495. The van der Waals surface area contributed by atoms with Crippen molar-refractivity contribution in [3.63, 3.8) is 0 Å². The summed E-state index contributed by atoms with van der Waals surface area (Å²) in [6.45, 7) is 5.32. The first-order valence-corrected chi connectivity index (χ1v) is 15.7. The van der Waals surface area contributed by atoms with Crippen LogP contribution in [0.3, 0.4) is 0 Å². The van der Waals surface area contributed by atoms with Gasteiger partial charge in [-0.05, 0) is 60.8 Å². The number of alkyl halides is 1. The number of rotatable bonds is 4. The summed E-state index contributed by atoms with van der Waals surface area (Å²) in [4.78, 5) is 37.3. The van der Waals surface area contributed by atoms with E-state index in [9.17, 15) is 9.59 Å². The summed E-state index contributed by atoms with van der Waals surface area (Å²) in [5.74, 6) is -0.463. The van der Waals surface area contributed by atoms with Gasteiger partial charge in [0.2, 0.25) is 0 Å². The van der Waals surface area contributed by atoms with Crippen LogP contribution in [-0.2, 0) is 32.2 Å². The highest BCUT2D eigenvalue weighted by Crippen LogP contribution is 2.39. The van der Waals surface area contributed by atoms with Gasteiger partial charge in [0.15, 0.2) is 0 Å². The van der Waals surface area contributed by atoms with Crippen LogP contribution in [0.5, 0.6) is 0 Å². The van der Waals surface area contributed by atoms with Crippen molar-refractivity contribution in [2.24, 2.45) is 0 Å². The monoisotopic (exact) mass is 684 g/mol. The van der Waals surface area contributed by atoms with Crippen LogP contribution in [-0.4, -0.2) is 61.4 Å². The van der Waals surface area contributed by atoms with Gasteiger partial charge in [0.05, 0.1) is 11.4 Å². The summed E-state index contributed by atoms with van der Waals surface area (Å²) in [5.41, 5.74) is 3.70. The first kappa shape index (κ1) is 29.6. The number of carbonyl (C=O) groups is 2. The van der Waals surface area contributed by atoms with Crippen LogP contribution < -0.4 is 0 Å². The summed E-state index contributed by atoms with van der Waals surface area (Å²) < 4.78 is 10.7. The lowest BCUT2D eigenvalue weighted by Gasteiger charge is -2.39. The molecule has 0 saturated carbocycles. The van der Waals surface area contributed by atoms with Gasteiger partial charge in [-0.25, -0.2) is 19.6 Å². The number of aromatic nitrogens is 2. The fourth-order valence-corrected chi connectivity index (χ4v) is 5.45. The quantitative estimate of drug-likeness (QED) is 0.175. The van der Waals surface area contributed by atoms with E-state index in [0.717, 1.165) is 74.4 Å². The molecule has 2 fully saturated rings. The summed E-state index contributed by atoms with van der Waals surface area (Å²) >= 11 is 13.7. The Hall–Kier alpha value is -2.37. The van der Waals surface area contributed by atoms with Crippen molar-refractivity contribution < 1.29 is 19.1 Å². The number of hydrogen-bond donors (Lipinski definition) is 0. The molecule has 8 nitrogen and oxygen atoms in total. The van der Waals surface area contributed by atoms with Gasteiger partial charge in [0.1, 0.15) is 22.0 Å². The Morgan fingerprint density at radius 3 is 2.15 bits per heavy atom. The second-order valence-electron chi connectivity index (χ2n) is 9.74. The maximum atomic E-state index is 11.5. The van der Waals surface area contributed by atoms with Crippen molar-refractivity contribution in [1.29, 1.82) is 0 Å². The molecule has 208 valence electrons. The molecule has 2 aromatic heterocycles. The molecule has 0 aliphatic carbocycles. The molecule has 0 spiro atoms. The average Bonchev–Trinajstić information content (AvgIpc) is 3.47. The van der Waals surface area contributed by atoms with E-state index >= 15 is 0 Å². The van der Waals surface area contributed by atoms with Gasteiger partial charge in [-0.2, -0.15) is 0 Å². The summed E-state index contributed by atoms with van der Waals surface area (Å²) in [7, 11) is 0. The van der Waals surface area contributed by atoms with Gasteiger partial charge >= 0.3 is 11.9 Å². The van der Waals surface area contributed by atoms with Gasteiger partial charge in [-0.1, -0.05) is 57.9 Å². The van der Waals surface area contributed by atoms with Gasteiger partial charge in [-0.15, -0.1) is 0 Å². The van der Waals surface area contributed by atoms with Crippen molar-refractivity contribution in [2.45, 2.75) is 57.4 Å². The number of ether oxygens (including phenoxy) is 2. The minimum atomic E-state index is -0.449.